The van der Waals surface area contributed by atoms with Gasteiger partial charge in [-0.3, -0.25) is 9.69 Å². The molecule has 2 rings (SSSR count). The van der Waals surface area contributed by atoms with Gasteiger partial charge in [-0.1, -0.05) is 12.1 Å². The fourth-order valence-corrected chi connectivity index (χ4v) is 2.32. The quantitative estimate of drug-likeness (QED) is 0.751. The molecule has 1 fully saturated rings. The van der Waals surface area contributed by atoms with Crippen LogP contribution in [0.5, 0.6) is 0 Å². The summed E-state index contributed by atoms with van der Waals surface area (Å²) >= 11 is 0. The average molecular weight is 225 g/mol. The number of likely N-dealkylation sites (N-methyl/N-ethyl adjacent to an activating group) is 1. The molecule has 0 aromatic heterocycles. The molecule has 0 aromatic carbocycles. The standard InChI is InChI=1S/C11H19N3O2/c1-2-14-6-3-4-9(14)8-12-11(15)10-5-7-16-13-10/h9H,2-8H2,1H3,(H,12,15). The molecule has 0 saturated carbocycles. The fourth-order valence-electron chi connectivity index (χ4n) is 2.32. The van der Waals surface area contributed by atoms with Crippen LogP contribution < -0.4 is 5.32 Å². The lowest BCUT2D eigenvalue weighted by Crippen LogP contribution is -2.42. The summed E-state index contributed by atoms with van der Waals surface area (Å²) in [7, 11) is 0. The summed E-state index contributed by atoms with van der Waals surface area (Å²) in [4.78, 5) is 18.9. The van der Waals surface area contributed by atoms with Crippen molar-refractivity contribution in [2.24, 2.45) is 5.16 Å². The summed E-state index contributed by atoms with van der Waals surface area (Å²) < 4.78 is 0. The molecule has 5 heteroatoms. The molecular formula is C11H19N3O2. The molecule has 0 bridgehead atoms. The molecule has 1 amide bonds. The van der Waals surface area contributed by atoms with Crippen molar-refractivity contribution < 1.29 is 9.63 Å². The van der Waals surface area contributed by atoms with E-state index in [1.54, 1.807) is 0 Å². The van der Waals surface area contributed by atoms with Gasteiger partial charge in [0, 0.05) is 19.0 Å². The molecule has 1 N–H and O–H groups in total. The van der Waals surface area contributed by atoms with Crippen molar-refractivity contribution in [2.75, 3.05) is 26.2 Å². The van der Waals surface area contributed by atoms with Gasteiger partial charge in [-0.2, -0.15) is 0 Å². The Balaban J connectivity index is 1.76. The molecule has 0 aliphatic carbocycles. The first kappa shape index (κ1) is 11.4. The van der Waals surface area contributed by atoms with E-state index in [0.717, 1.165) is 19.6 Å². The summed E-state index contributed by atoms with van der Waals surface area (Å²) in [5.74, 6) is -0.0690. The molecular weight excluding hydrogens is 206 g/mol. The van der Waals surface area contributed by atoms with Crippen LogP contribution in [0.25, 0.3) is 0 Å². The van der Waals surface area contributed by atoms with E-state index in [1.165, 1.54) is 12.8 Å². The number of rotatable bonds is 4. The van der Waals surface area contributed by atoms with Crippen LogP contribution in [0.1, 0.15) is 26.2 Å². The summed E-state index contributed by atoms with van der Waals surface area (Å²) in [6, 6.07) is 0.497. The average Bonchev–Trinajstić information content (AvgIpc) is 2.96. The smallest absolute Gasteiger partial charge is 0.269 e. The Hall–Kier alpha value is -1.10. The van der Waals surface area contributed by atoms with Crippen LogP contribution in [0.15, 0.2) is 5.16 Å². The molecule has 0 aromatic rings. The van der Waals surface area contributed by atoms with Gasteiger partial charge in [-0.05, 0) is 25.9 Å². The number of carbonyl (C=O) groups is 1. The van der Waals surface area contributed by atoms with Crippen molar-refractivity contribution in [3.05, 3.63) is 0 Å². The van der Waals surface area contributed by atoms with Crippen molar-refractivity contribution >= 4 is 11.6 Å². The Bertz CT molecular complexity index is 291. The SMILES string of the molecule is CCN1CCCC1CNC(=O)C1=NOCC1. The van der Waals surface area contributed by atoms with Crippen molar-refractivity contribution in [1.82, 2.24) is 10.2 Å². The van der Waals surface area contributed by atoms with Crippen LogP contribution in [-0.4, -0.2) is 48.8 Å². The second-order valence-electron chi connectivity index (χ2n) is 4.26. The number of nitrogens with one attached hydrogen (secondary N) is 1. The van der Waals surface area contributed by atoms with Gasteiger partial charge in [0.1, 0.15) is 12.3 Å². The lowest BCUT2D eigenvalue weighted by Gasteiger charge is -2.22. The zero-order valence-electron chi connectivity index (χ0n) is 9.74. The van der Waals surface area contributed by atoms with Gasteiger partial charge in [-0.15, -0.1) is 0 Å². The first-order chi connectivity index (χ1) is 7.81. The molecule has 2 aliphatic rings. The van der Waals surface area contributed by atoms with Crippen LogP contribution >= 0.6 is 0 Å². The van der Waals surface area contributed by atoms with Crippen molar-refractivity contribution in [3.8, 4) is 0 Å². The fraction of sp³-hybridized carbons (Fsp3) is 0.818. The number of likely N-dealkylation sites (tertiary alicyclic amines) is 1. The van der Waals surface area contributed by atoms with Crippen LogP contribution in [-0.2, 0) is 9.63 Å². The minimum Gasteiger partial charge on any atom is -0.395 e. The third-order valence-electron chi connectivity index (χ3n) is 3.27. The van der Waals surface area contributed by atoms with E-state index in [-0.39, 0.29) is 5.91 Å². The lowest BCUT2D eigenvalue weighted by molar-refractivity contribution is -0.115. The monoisotopic (exact) mass is 225 g/mol. The normalized spacial score (nSPS) is 25.3. The Kier molecular flexibility index (Phi) is 3.77. The number of oxime groups is 1. The minimum atomic E-state index is -0.0690. The first-order valence-corrected chi connectivity index (χ1v) is 6.02. The number of hydrogen-bond donors (Lipinski definition) is 1. The minimum absolute atomic E-state index is 0.0690. The molecule has 0 radical (unpaired) electrons. The second kappa shape index (κ2) is 5.30. The maximum Gasteiger partial charge on any atom is 0.269 e. The maximum absolute atomic E-state index is 11.7. The van der Waals surface area contributed by atoms with E-state index in [4.69, 9.17) is 4.84 Å². The van der Waals surface area contributed by atoms with Crippen molar-refractivity contribution in [3.63, 3.8) is 0 Å². The third kappa shape index (κ3) is 2.52. The predicted molar refractivity (Wildman–Crippen MR) is 61.3 cm³/mol. The number of amides is 1. The van der Waals surface area contributed by atoms with Gasteiger partial charge in [-0.25, -0.2) is 0 Å². The summed E-state index contributed by atoms with van der Waals surface area (Å²) in [5, 5.41) is 6.65. The van der Waals surface area contributed by atoms with Gasteiger partial charge in [0.15, 0.2) is 0 Å². The zero-order chi connectivity index (χ0) is 11.4. The number of nitrogens with zero attached hydrogens (tertiary/aromatic N) is 2. The van der Waals surface area contributed by atoms with E-state index in [2.05, 4.69) is 22.3 Å². The Morgan fingerprint density at radius 1 is 1.69 bits per heavy atom. The highest BCUT2D eigenvalue weighted by molar-refractivity contribution is 6.39. The molecule has 0 spiro atoms. The molecule has 2 aliphatic heterocycles. The molecule has 16 heavy (non-hydrogen) atoms. The molecule has 1 unspecified atom stereocenters. The molecule has 2 heterocycles. The van der Waals surface area contributed by atoms with Gasteiger partial charge >= 0.3 is 0 Å². The highest BCUT2D eigenvalue weighted by Crippen LogP contribution is 2.15. The van der Waals surface area contributed by atoms with E-state index < -0.39 is 0 Å². The van der Waals surface area contributed by atoms with Gasteiger partial charge in [0.05, 0.1) is 0 Å². The Morgan fingerprint density at radius 2 is 2.56 bits per heavy atom. The highest BCUT2D eigenvalue weighted by atomic mass is 16.6. The van der Waals surface area contributed by atoms with Gasteiger partial charge in [0.25, 0.3) is 5.91 Å². The van der Waals surface area contributed by atoms with Crippen LogP contribution in [0.2, 0.25) is 0 Å². The maximum atomic E-state index is 11.7. The summed E-state index contributed by atoms with van der Waals surface area (Å²) in [5.41, 5.74) is 0.529. The van der Waals surface area contributed by atoms with Crippen molar-refractivity contribution in [2.45, 2.75) is 32.2 Å². The number of hydrogen-bond acceptors (Lipinski definition) is 4. The highest BCUT2D eigenvalue weighted by Gasteiger charge is 2.24. The molecule has 90 valence electrons. The van der Waals surface area contributed by atoms with Crippen LogP contribution in [0.3, 0.4) is 0 Å². The second-order valence-corrected chi connectivity index (χ2v) is 4.26. The topological polar surface area (TPSA) is 53.9 Å². The predicted octanol–water partition coefficient (Wildman–Crippen LogP) is 0.363. The van der Waals surface area contributed by atoms with Crippen LogP contribution in [0, 0.1) is 0 Å². The Morgan fingerprint density at radius 3 is 3.25 bits per heavy atom. The molecule has 1 saturated heterocycles. The Labute approximate surface area is 95.8 Å². The van der Waals surface area contributed by atoms with E-state index in [0.29, 0.717) is 24.8 Å². The van der Waals surface area contributed by atoms with E-state index in [9.17, 15) is 4.79 Å². The van der Waals surface area contributed by atoms with Gasteiger partial charge < -0.3 is 10.2 Å². The first-order valence-electron chi connectivity index (χ1n) is 6.02. The third-order valence-corrected chi connectivity index (χ3v) is 3.27. The van der Waals surface area contributed by atoms with E-state index in [1.807, 2.05) is 0 Å². The molecule has 1 atom stereocenters. The zero-order valence-corrected chi connectivity index (χ0v) is 9.74. The number of carbonyl (C=O) groups excluding carboxylic acids is 1. The van der Waals surface area contributed by atoms with Crippen molar-refractivity contribution in [1.29, 1.82) is 0 Å². The lowest BCUT2D eigenvalue weighted by atomic mass is 10.2. The van der Waals surface area contributed by atoms with E-state index >= 15 is 0 Å². The largest absolute Gasteiger partial charge is 0.395 e. The molecule has 5 nitrogen and oxygen atoms in total. The van der Waals surface area contributed by atoms with Gasteiger partial charge in [0.2, 0.25) is 0 Å². The summed E-state index contributed by atoms with van der Waals surface area (Å²) in [6.45, 7) is 5.64. The summed E-state index contributed by atoms with van der Waals surface area (Å²) in [6.07, 6.45) is 3.05. The van der Waals surface area contributed by atoms with Crippen LogP contribution in [0.4, 0.5) is 0 Å².